The van der Waals surface area contributed by atoms with Gasteiger partial charge in [-0.05, 0) is 68.2 Å². The molecule has 0 bridgehead atoms. The molecule has 6 rings (SSSR count). The summed E-state index contributed by atoms with van der Waals surface area (Å²) in [5.74, 6) is 0.398. The molecule has 5 heterocycles. The minimum absolute atomic E-state index is 0.208. The number of tetrazole rings is 1. The number of halogens is 3. The van der Waals surface area contributed by atoms with Gasteiger partial charge in [-0.1, -0.05) is 42.8 Å². The number of hydrogen-bond donors (Lipinski definition) is 1. The molecule has 0 aliphatic carbocycles. The van der Waals surface area contributed by atoms with Crippen molar-refractivity contribution in [2.45, 2.75) is 89.0 Å². The molecule has 1 aromatic carbocycles. The fourth-order valence-corrected chi connectivity index (χ4v) is 8.01. The molecule has 3 aromatic heterocycles. The van der Waals surface area contributed by atoms with Crippen LogP contribution in [0.5, 0.6) is 5.75 Å². The Morgan fingerprint density at radius 2 is 1.92 bits per heavy atom. The van der Waals surface area contributed by atoms with E-state index in [0.717, 1.165) is 42.6 Å². The van der Waals surface area contributed by atoms with E-state index in [-0.39, 0.29) is 18.4 Å². The second-order valence-corrected chi connectivity index (χ2v) is 13.9. The van der Waals surface area contributed by atoms with Crippen molar-refractivity contribution in [3.63, 3.8) is 0 Å². The number of carbonyl (C=O) groups is 2. The smallest absolute Gasteiger partial charge is 0.417 e. The summed E-state index contributed by atoms with van der Waals surface area (Å²) in [4.78, 5) is 37.1. The maximum absolute atomic E-state index is 14.9. The Balaban J connectivity index is 1.28. The van der Waals surface area contributed by atoms with Gasteiger partial charge >= 0.3 is 6.18 Å². The van der Waals surface area contributed by atoms with Gasteiger partial charge in [0.05, 0.1) is 17.2 Å². The minimum atomic E-state index is -4.74. The summed E-state index contributed by atoms with van der Waals surface area (Å²) >= 11 is 1.49. The molecule has 2 amide bonds. The van der Waals surface area contributed by atoms with Gasteiger partial charge in [0.25, 0.3) is 11.8 Å². The van der Waals surface area contributed by atoms with Gasteiger partial charge in [-0.2, -0.15) is 18.4 Å². The predicted octanol–water partition coefficient (Wildman–Crippen LogP) is 6.40. The minimum Gasteiger partial charge on any atom is -0.474 e. The lowest BCUT2D eigenvalue weighted by molar-refractivity contribution is -0.160. The van der Waals surface area contributed by atoms with Gasteiger partial charge in [0.1, 0.15) is 5.75 Å². The van der Waals surface area contributed by atoms with E-state index in [1.807, 2.05) is 42.3 Å². The maximum atomic E-state index is 14.9. The Labute approximate surface area is 287 Å². The number of piperidine rings is 2. The van der Waals surface area contributed by atoms with Crippen LogP contribution in [0.15, 0.2) is 54.2 Å². The Morgan fingerprint density at radius 3 is 2.61 bits per heavy atom. The number of thiophene rings is 1. The van der Waals surface area contributed by atoms with Crippen molar-refractivity contribution in [1.29, 1.82) is 0 Å². The van der Waals surface area contributed by atoms with Crippen molar-refractivity contribution in [3.05, 3.63) is 87.1 Å². The molecule has 2 atom stereocenters. The summed E-state index contributed by atoms with van der Waals surface area (Å²) in [6.45, 7) is 5.07. The highest BCUT2D eigenvalue weighted by Crippen LogP contribution is 2.41. The predicted molar refractivity (Wildman–Crippen MR) is 177 cm³/mol. The number of rotatable bonds is 10. The summed E-state index contributed by atoms with van der Waals surface area (Å²) in [7, 11) is 0. The van der Waals surface area contributed by atoms with E-state index in [2.05, 4.69) is 37.7 Å². The highest BCUT2D eigenvalue weighted by molar-refractivity contribution is 7.10. The number of aromatic amines is 1. The van der Waals surface area contributed by atoms with Crippen LogP contribution in [0.25, 0.3) is 0 Å². The average Bonchev–Trinajstić information content (AvgIpc) is 3.79. The van der Waals surface area contributed by atoms with Crippen LogP contribution in [-0.4, -0.2) is 78.5 Å². The zero-order chi connectivity index (χ0) is 34.6. The molecule has 14 heteroatoms. The van der Waals surface area contributed by atoms with Crippen LogP contribution in [-0.2, 0) is 23.8 Å². The van der Waals surface area contributed by atoms with Crippen LogP contribution in [0, 0.1) is 6.92 Å². The lowest BCUT2D eigenvalue weighted by atomic mass is 9.78. The molecule has 2 aliphatic rings. The normalized spacial score (nSPS) is 20.4. The van der Waals surface area contributed by atoms with E-state index in [0.29, 0.717) is 56.8 Å². The number of benzene rings is 1. The molecule has 0 spiro atoms. The van der Waals surface area contributed by atoms with Gasteiger partial charge < -0.3 is 14.5 Å². The van der Waals surface area contributed by atoms with E-state index in [1.165, 1.54) is 27.4 Å². The van der Waals surface area contributed by atoms with Crippen LogP contribution in [0.2, 0.25) is 0 Å². The van der Waals surface area contributed by atoms with Crippen molar-refractivity contribution < 1.29 is 27.5 Å². The van der Waals surface area contributed by atoms with Crippen LogP contribution < -0.4 is 4.74 Å². The Bertz CT molecular complexity index is 1740. The quantitative estimate of drug-likeness (QED) is 0.204. The number of pyridine rings is 1. The number of amides is 2. The van der Waals surface area contributed by atoms with E-state index in [1.54, 1.807) is 0 Å². The number of likely N-dealkylation sites (tertiary alicyclic amines) is 2. The highest BCUT2D eigenvalue weighted by atomic mass is 32.1. The number of H-pyrrole nitrogens is 1. The Kier molecular flexibility index (Phi) is 10.3. The molecule has 10 nitrogen and oxygen atoms in total. The first-order valence-electron chi connectivity index (χ1n) is 16.8. The fourth-order valence-electron chi connectivity index (χ4n) is 7.41. The molecule has 0 saturated carbocycles. The molecule has 4 aromatic rings. The molecule has 1 N–H and O–H groups in total. The average molecular weight is 696 g/mol. The van der Waals surface area contributed by atoms with E-state index < -0.39 is 34.9 Å². The molecule has 260 valence electrons. The summed E-state index contributed by atoms with van der Waals surface area (Å²) in [6, 6.07) is 10.2. The van der Waals surface area contributed by atoms with Crippen molar-refractivity contribution in [2.75, 3.05) is 19.6 Å². The van der Waals surface area contributed by atoms with Gasteiger partial charge in [-0.25, -0.2) is 0 Å². The third kappa shape index (κ3) is 7.34. The molecule has 2 fully saturated rings. The van der Waals surface area contributed by atoms with Crippen molar-refractivity contribution in [3.8, 4) is 5.75 Å². The highest BCUT2D eigenvalue weighted by Gasteiger charge is 2.56. The fraction of sp³-hybridized carbons (Fsp3) is 0.486. The van der Waals surface area contributed by atoms with Crippen molar-refractivity contribution in [2.24, 2.45) is 0 Å². The van der Waals surface area contributed by atoms with Crippen molar-refractivity contribution >= 4 is 23.2 Å². The van der Waals surface area contributed by atoms with E-state index in [4.69, 9.17) is 4.74 Å². The molecule has 0 radical (unpaired) electrons. The number of aromatic nitrogens is 5. The van der Waals surface area contributed by atoms with Crippen molar-refractivity contribution in [1.82, 2.24) is 35.4 Å². The second kappa shape index (κ2) is 14.7. The van der Waals surface area contributed by atoms with Gasteiger partial charge in [0, 0.05) is 55.1 Å². The molecule has 49 heavy (non-hydrogen) atoms. The van der Waals surface area contributed by atoms with Crippen LogP contribution >= 0.6 is 11.3 Å². The van der Waals surface area contributed by atoms with Gasteiger partial charge in [0.15, 0.2) is 5.82 Å². The monoisotopic (exact) mass is 695 g/mol. The number of aryl methyl sites for hydroxylation is 3. The first-order valence-corrected chi connectivity index (χ1v) is 17.6. The van der Waals surface area contributed by atoms with Gasteiger partial charge in [-0.15, -0.1) is 21.5 Å². The summed E-state index contributed by atoms with van der Waals surface area (Å²) in [6.07, 6.45) is 1.88. The SMILES string of the molecule is CCC[C@H]1N(C(=O)c2cnccc2C(F)(F)F)CCC[C@@]1(Oc1csc(C)c1)C(=O)N1CCC(c2ccccc2CCc2nn[nH]n2)CC1. The Hall–Kier alpha value is -4.33. The molecular weight excluding hydrogens is 655 g/mol. The lowest BCUT2D eigenvalue weighted by Crippen LogP contribution is -2.68. The zero-order valence-corrected chi connectivity index (χ0v) is 28.4. The molecular formula is C35H40F3N7O3S. The number of carbonyl (C=O) groups excluding carboxylic acids is 2. The maximum Gasteiger partial charge on any atom is 0.417 e. The number of alkyl halides is 3. The first kappa shape index (κ1) is 34.5. The van der Waals surface area contributed by atoms with Crippen LogP contribution in [0.4, 0.5) is 13.2 Å². The van der Waals surface area contributed by atoms with Gasteiger partial charge in [0.2, 0.25) is 5.60 Å². The number of nitrogens with zero attached hydrogens (tertiary/aromatic N) is 6. The molecule has 2 aliphatic heterocycles. The Morgan fingerprint density at radius 1 is 1.12 bits per heavy atom. The second-order valence-electron chi connectivity index (χ2n) is 12.8. The summed E-state index contributed by atoms with van der Waals surface area (Å²) in [5, 5.41) is 16.1. The third-order valence-electron chi connectivity index (χ3n) is 9.69. The standard InChI is InChI=1S/C35H40F3N7O3S/c1-3-7-30-34(48-26-20-23(2)49-22-26,15-6-17-45(30)32(46)28-21-39-16-12-29(28)35(36,37)38)33(47)44-18-13-25(14-19-44)27-9-5-4-8-24(27)10-11-31-40-42-43-41-31/h4-5,8-9,12,16,20-22,25,30H,3,6-7,10-11,13-15,17-19H2,1-2H3,(H,40,41,42,43)/t30-,34+/m1/s1. The number of nitrogens with one attached hydrogen (secondary N) is 1. The molecule has 0 unspecified atom stereocenters. The summed E-state index contributed by atoms with van der Waals surface area (Å²) < 4.78 is 48.8. The topological polar surface area (TPSA) is 117 Å². The molecule has 2 saturated heterocycles. The number of ether oxygens (including phenoxy) is 1. The first-order chi connectivity index (χ1) is 23.6. The van der Waals surface area contributed by atoms with E-state index in [9.17, 15) is 22.8 Å². The summed E-state index contributed by atoms with van der Waals surface area (Å²) in [5.41, 5.74) is -0.576. The van der Waals surface area contributed by atoms with E-state index >= 15 is 0 Å². The lowest BCUT2D eigenvalue weighted by Gasteiger charge is -2.50. The van der Waals surface area contributed by atoms with Crippen LogP contribution in [0.3, 0.4) is 0 Å². The largest absolute Gasteiger partial charge is 0.474 e. The zero-order valence-electron chi connectivity index (χ0n) is 27.6. The third-order valence-corrected chi connectivity index (χ3v) is 10.5. The van der Waals surface area contributed by atoms with Gasteiger partial charge in [-0.3, -0.25) is 14.6 Å². The van der Waals surface area contributed by atoms with Crippen LogP contribution in [0.1, 0.15) is 89.1 Å². The number of hydrogen-bond acceptors (Lipinski definition) is 8.